The molecule has 1 aromatic carbocycles. The normalized spacial score (nSPS) is 27.2. The van der Waals surface area contributed by atoms with Crippen LogP contribution >= 0.6 is 0 Å². The zero-order valence-corrected chi connectivity index (χ0v) is 8.57. The fraction of sp³-hybridized carbons (Fsp3) is 0.385. The van der Waals surface area contributed by atoms with Gasteiger partial charge in [0.2, 0.25) is 0 Å². The summed E-state index contributed by atoms with van der Waals surface area (Å²) in [6.45, 7) is 3.05. The van der Waals surface area contributed by atoms with Crippen molar-refractivity contribution in [3.05, 3.63) is 42.0 Å². The molecule has 0 N–H and O–H groups in total. The molecule has 1 heterocycles. The molecular formula is C13H16O. The molecule has 0 bridgehead atoms. The number of rotatable bonds is 2. The van der Waals surface area contributed by atoms with Crippen molar-refractivity contribution in [2.75, 3.05) is 6.61 Å². The van der Waals surface area contributed by atoms with Crippen molar-refractivity contribution in [1.82, 2.24) is 0 Å². The fourth-order valence-electron chi connectivity index (χ4n) is 1.77. The first-order valence-corrected chi connectivity index (χ1v) is 5.17. The van der Waals surface area contributed by atoms with Gasteiger partial charge in [-0.3, -0.25) is 0 Å². The third kappa shape index (κ3) is 2.24. The third-order valence-corrected chi connectivity index (χ3v) is 2.68. The van der Waals surface area contributed by atoms with Gasteiger partial charge in [0.05, 0.1) is 5.60 Å². The van der Waals surface area contributed by atoms with Gasteiger partial charge in [-0.1, -0.05) is 42.5 Å². The molecule has 0 radical (unpaired) electrons. The maximum absolute atomic E-state index is 5.68. The van der Waals surface area contributed by atoms with Gasteiger partial charge in [0.15, 0.2) is 0 Å². The Morgan fingerprint density at radius 2 is 2.07 bits per heavy atom. The molecule has 1 heteroatoms. The van der Waals surface area contributed by atoms with Crippen LogP contribution in [0.2, 0.25) is 0 Å². The number of hydrogen-bond donors (Lipinski definition) is 0. The molecule has 1 nitrogen and oxygen atoms in total. The lowest BCUT2D eigenvalue weighted by Crippen LogP contribution is -2.18. The predicted octanol–water partition coefficient (Wildman–Crippen LogP) is 3.27. The molecule has 0 spiro atoms. The Morgan fingerprint density at radius 3 is 2.71 bits per heavy atom. The van der Waals surface area contributed by atoms with E-state index in [1.165, 1.54) is 12.0 Å². The molecular weight excluding hydrogens is 172 g/mol. The standard InChI is InChI=1S/C13H16O/c1-13(9-5-11-14-13)10-8-12-6-3-2-4-7-12/h2-4,6-8,10H,5,9,11H2,1H3/b10-8+. The van der Waals surface area contributed by atoms with E-state index < -0.39 is 0 Å². The quantitative estimate of drug-likeness (QED) is 0.692. The average Bonchev–Trinajstić information content (AvgIpc) is 2.65. The first-order chi connectivity index (χ1) is 6.79. The smallest absolute Gasteiger partial charge is 0.0838 e. The van der Waals surface area contributed by atoms with Crippen molar-refractivity contribution < 1.29 is 4.74 Å². The lowest BCUT2D eigenvalue weighted by molar-refractivity contribution is 0.0620. The minimum Gasteiger partial charge on any atom is -0.371 e. The van der Waals surface area contributed by atoms with Crippen LogP contribution in [-0.4, -0.2) is 12.2 Å². The van der Waals surface area contributed by atoms with Crippen molar-refractivity contribution in [2.45, 2.75) is 25.4 Å². The van der Waals surface area contributed by atoms with Crippen molar-refractivity contribution in [3.8, 4) is 0 Å². The van der Waals surface area contributed by atoms with Crippen LogP contribution < -0.4 is 0 Å². The Morgan fingerprint density at radius 1 is 1.29 bits per heavy atom. The van der Waals surface area contributed by atoms with Crippen molar-refractivity contribution in [2.24, 2.45) is 0 Å². The fourth-order valence-corrected chi connectivity index (χ4v) is 1.77. The minimum atomic E-state index is -0.0319. The molecule has 1 fully saturated rings. The van der Waals surface area contributed by atoms with Crippen molar-refractivity contribution in [1.29, 1.82) is 0 Å². The molecule has 1 atom stereocenters. The molecule has 1 saturated heterocycles. The van der Waals surface area contributed by atoms with Gasteiger partial charge < -0.3 is 4.74 Å². The molecule has 74 valence electrons. The first kappa shape index (κ1) is 9.47. The van der Waals surface area contributed by atoms with E-state index in [1.54, 1.807) is 0 Å². The second-order valence-electron chi connectivity index (χ2n) is 4.01. The third-order valence-electron chi connectivity index (χ3n) is 2.68. The molecule has 14 heavy (non-hydrogen) atoms. The van der Waals surface area contributed by atoms with Gasteiger partial charge in [-0.05, 0) is 25.3 Å². The SMILES string of the molecule is CC1(/C=C/c2ccccc2)CCCO1. The molecule has 0 saturated carbocycles. The Kier molecular flexibility index (Phi) is 2.69. The molecule has 1 aliphatic heterocycles. The van der Waals surface area contributed by atoms with E-state index in [2.05, 4.69) is 43.3 Å². The van der Waals surface area contributed by atoms with E-state index in [0.29, 0.717) is 0 Å². The predicted molar refractivity (Wildman–Crippen MR) is 59.1 cm³/mol. The number of benzene rings is 1. The summed E-state index contributed by atoms with van der Waals surface area (Å²) in [7, 11) is 0. The van der Waals surface area contributed by atoms with Gasteiger partial charge in [0.25, 0.3) is 0 Å². The van der Waals surface area contributed by atoms with E-state index >= 15 is 0 Å². The summed E-state index contributed by atoms with van der Waals surface area (Å²) in [5.74, 6) is 0. The number of hydrogen-bond acceptors (Lipinski definition) is 1. The van der Waals surface area contributed by atoms with Crippen LogP contribution in [0.5, 0.6) is 0 Å². The largest absolute Gasteiger partial charge is 0.371 e. The Labute approximate surface area is 85.4 Å². The molecule has 0 aromatic heterocycles. The van der Waals surface area contributed by atoms with Gasteiger partial charge >= 0.3 is 0 Å². The maximum Gasteiger partial charge on any atom is 0.0838 e. The van der Waals surface area contributed by atoms with Crippen molar-refractivity contribution >= 4 is 6.08 Å². The van der Waals surface area contributed by atoms with Gasteiger partial charge in [0.1, 0.15) is 0 Å². The van der Waals surface area contributed by atoms with Gasteiger partial charge in [-0.2, -0.15) is 0 Å². The second-order valence-corrected chi connectivity index (χ2v) is 4.01. The average molecular weight is 188 g/mol. The summed E-state index contributed by atoms with van der Waals surface area (Å²) < 4.78 is 5.68. The van der Waals surface area contributed by atoms with Crippen LogP contribution in [0, 0.1) is 0 Å². The summed E-state index contributed by atoms with van der Waals surface area (Å²) in [6, 6.07) is 10.4. The van der Waals surface area contributed by atoms with Crippen LogP contribution in [0.25, 0.3) is 6.08 Å². The topological polar surface area (TPSA) is 9.23 Å². The summed E-state index contributed by atoms with van der Waals surface area (Å²) in [5.41, 5.74) is 1.21. The van der Waals surface area contributed by atoms with E-state index in [0.717, 1.165) is 13.0 Å². The van der Waals surface area contributed by atoms with Crippen molar-refractivity contribution in [3.63, 3.8) is 0 Å². The molecule has 0 aliphatic carbocycles. The summed E-state index contributed by atoms with van der Waals surface area (Å²) in [4.78, 5) is 0. The van der Waals surface area contributed by atoms with Crippen LogP contribution in [0.4, 0.5) is 0 Å². The first-order valence-electron chi connectivity index (χ1n) is 5.17. The molecule has 2 rings (SSSR count). The van der Waals surface area contributed by atoms with E-state index in [9.17, 15) is 0 Å². The monoisotopic (exact) mass is 188 g/mol. The highest BCUT2D eigenvalue weighted by atomic mass is 16.5. The molecule has 1 aromatic rings. The van der Waals surface area contributed by atoms with Crippen LogP contribution in [-0.2, 0) is 4.74 Å². The van der Waals surface area contributed by atoms with Gasteiger partial charge in [0, 0.05) is 6.61 Å². The van der Waals surface area contributed by atoms with Crippen LogP contribution in [0.3, 0.4) is 0 Å². The highest BCUT2D eigenvalue weighted by Gasteiger charge is 2.26. The Bertz CT molecular complexity index is 307. The van der Waals surface area contributed by atoms with Crippen LogP contribution in [0.1, 0.15) is 25.3 Å². The maximum atomic E-state index is 5.68. The summed E-state index contributed by atoms with van der Waals surface area (Å²) >= 11 is 0. The highest BCUT2D eigenvalue weighted by molar-refractivity contribution is 5.50. The Balaban J connectivity index is 2.06. The second kappa shape index (κ2) is 3.97. The summed E-state index contributed by atoms with van der Waals surface area (Å²) in [6.07, 6.45) is 6.63. The minimum absolute atomic E-state index is 0.0319. The molecule has 0 amide bonds. The van der Waals surface area contributed by atoms with Crippen LogP contribution in [0.15, 0.2) is 36.4 Å². The van der Waals surface area contributed by atoms with E-state index in [1.807, 2.05) is 6.07 Å². The lowest BCUT2D eigenvalue weighted by Gasteiger charge is -2.17. The van der Waals surface area contributed by atoms with Gasteiger partial charge in [-0.15, -0.1) is 0 Å². The van der Waals surface area contributed by atoms with E-state index in [4.69, 9.17) is 4.74 Å². The Hall–Kier alpha value is -1.08. The molecule has 1 unspecified atom stereocenters. The number of ether oxygens (including phenoxy) is 1. The zero-order valence-electron chi connectivity index (χ0n) is 8.57. The lowest BCUT2D eigenvalue weighted by atomic mass is 10.0. The zero-order chi connectivity index (χ0) is 9.86. The highest BCUT2D eigenvalue weighted by Crippen LogP contribution is 2.26. The van der Waals surface area contributed by atoms with Gasteiger partial charge in [-0.25, -0.2) is 0 Å². The van der Waals surface area contributed by atoms with E-state index in [-0.39, 0.29) is 5.60 Å². The molecule has 1 aliphatic rings. The summed E-state index contributed by atoms with van der Waals surface area (Å²) in [5, 5.41) is 0.